The number of nitrogens with zero attached hydrogens (tertiary/aromatic N) is 5. The Balaban J connectivity index is 1.42. The number of aliphatic carboxylic acids is 1. The highest BCUT2D eigenvalue weighted by molar-refractivity contribution is 7.10. The van der Waals surface area contributed by atoms with Crippen LogP contribution in [0.4, 0.5) is 16.0 Å². The smallest absolute Gasteiger partial charge is 0.309 e. The summed E-state index contributed by atoms with van der Waals surface area (Å²) in [5.41, 5.74) is 6.62. The number of rotatable bonds is 7. The number of carbonyl (C=O) groups is 2. The molecule has 4 heterocycles. The zero-order chi connectivity index (χ0) is 30.0. The minimum atomic E-state index is -1.28. The Morgan fingerprint density at radius 2 is 1.98 bits per heavy atom. The van der Waals surface area contributed by atoms with E-state index in [9.17, 15) is 19.1 Å². The summed E-state index contributed by atoms with van der Waals surface area (Å²) in [5, 5.41) is 20.4. The monoisotopic (exact) mass is 605 g/mol. The Morgan fingerprint density at radius 1 is 1.21 bits per heavy atom. The second-order valence-corrected chi connectivity index (χ2v) is 12.3. The van der Waals surface area contributed by atoms with E-state index in [1.807, 2.05) is 0 Å². The number of nitrogens with one attached hydrogen (secondary N) is 1. The van der Waals surface area contributed by atoms with E-state index >= 15 is 0 Å². The molecule has 1 aliphatic heterocycles. The first-order chi connectivity index (χ1) is 19.9. The van der Waals surface area contributed by atoms with Crippen molar-refractivity contribution in [1.29, 1.82) is 0 Å². The molecule has 0 spiro atoms. The maximum Gasteiger partial charge on any atom is 0.309 e. The Hall–Kier alpha value is -4.42. The maximum absolute atomic E-state index is 14.5. The van der Waals surface area contributed by atoms with Crippen LogP contribution in [0.15, 0.2) is 47.8 Å². The van der Waals surface area contributed by atoms with Crippen LogP contribution in [-0.4, -0.2) is 41.7 Å². The fraction of sp³-hybridized carbons (Fsp3) is 0.241. The molecule has 0 saturated heterocycles. The summed E-state index contributed by atoms with van der Waals surface area (Å²) in [6.45, 7) is 5.08. The molecular weight excluding hydrogens is 581 g/mol. The number of carbonyl (C=O) groups excluding carboxylic acids is 1. The van der Waals surface area contributed by atoms with E-state index in [-0.39, 0.29) is 42.2 Å². The number of hydrogen-bond donors (Lipinski definition) is 3. The first-order valence-electron chi connectivity index (χ1n) is 13.0. The molecule has 214 valence electrons. The van der Waals surface area contributed by atoms with Crippen LogP contribution in [0, 0.1) is 11.2 Å². The third-order valence-corrected chi connectivity index (χ3v) is 8.86. The van der Waals surface area contributed by atoms with Crippen LogP contribution >= 0.6 is 22.9 Å². The van der Waals surface area contributed by atoms with Gasteiger partial charge in [-0.05, 0) is 45.0 Å². The van der Waals surface area contributed by atoms with Crippen molar-refractivity contribution in [1.82, 2.24) is 24.7 Å². The van der Waals surface area contributed by atoms with E-state index in [0.29, 0.717) is 43.4 Å². The van der Waals surface area contributed by atoms with Crippen molar-refractivity contribution >= 4 is 57.4 Å². The minimum Gasteiger partial charge on any atom is -0.481 e. The van der Waals surface area contributed by atoms with E-state index in [1.54, 1.807) is 67.2 Å². The lowest BCUT2D eigenvalue weighted by molar-refractivity contribution is -0.146. The first kappa shape index (κ1) is 27.7. The standard InChI is InChI=1S/C29H25ClFN7O3S/c1-28(2,27(40)41)11-16-13-42-26(33-16)29(3)20-22(32)34-24(35-23(20)36-25(29)39)21-17-9-8-15(30)10-19(17)38(37-21)12-14-6-4-5-7-18(14)31/h4-10,13H,11-12H2,1-3H3,(H,40,41)(H3,32,34,35,36,39)/t29-/m1/s1. The summed E-state index contributed by atoms with van der Waals surface area (Å²) in [6, 6.07) is 11.7. The first-order valence-corrected chi connectivity index (χ1v) is 14.2. The number of carboxylic acids is 1. The number of hydrogen-bond acceptors (Lipinski definition) is 8. The average molecular weight is 606 g/mol. The van der Waals surface area contributed by atoms with Gasteiger partial charge in [-0.15, -0.1) is 11.3 Å². The Labute approximate surface area is 248 Å². The number of nitrogen functional groups attached to an aromatic ring is 1. The molecule has 0 saturated carbocycles. The predicted octanol–water partition coefficient (Wildman–Crippen LogP) is 5.28. The third-order valence-electron chi connectivity index (χ3n) is 7.51. The molecule has 0 unspecified atom stereocenters. The number of anilines is 2. The molecule has 3 aromatic heterocycles. The van der Waals surface area contributed by atoms with E-state index in [4.69, 9.17) is 22.4 Å². The molecule has 2 aromatic carbocycles. The molecule has 0 radical (unpaired) electrons. The highest BCUT2D eigenvalue weighted by atomic mass is 35.5. The van der Waals surface area contributed by atoms with Crippen LogP contribution in [0.25, 0.3) is 22.4 Å². The molecule has 10 nitrogen and oxygen atoms in total. The van der Waals surface area contributed by atoms with Gasteiger partial charge in [0.1, 0.15) is 33.6 Å². The maximum atomic E-state index is 14.5. The largest absolute Gasteiger partial charge is 0.481 e. The highest BCUT2D eigenvalue weighted by Gasteiger charge is 2.50. The molecule has 13 heteroatoms. The Bertz CT molecular complexity index is 1920. The number of amides is 1. The summed E-state index contributed by atoms with van der Waals surface area (Å²) in [5.74, 6) is -1.19. The van der Waals surface area contributed by atoms with Crippen molar-refractivity contribution in [2.45, 2.75) is 39.2 Å². The lowest BCUT2D eigenvalue weighted by Crippen LogP contribution is -2.33. The van der Waals surface area contributed by atoms with Crippen LogP contribution < -0.4 is 11.1 Å². The number of halogens is 2. The van der Waals surface area contributed by atoms with Gasteiger partial charge in [-0.1, -0.05) is 29.8 Å². The second kappa shape index (κ2) is 9.85. The summed E-state index contributed by atoms with van der Waals surface area (Å²) in [4.78, 5) is 38.9. The number of aromatic nitrogens is 5. The Morgan fingerprint density at radius 3 is 2.71 bits per heavy atom. The molecule has 0 aliphatic carbocycles. The van der Waals surface area contributed by atoms with Gasteiger partial charge in [0.05, 0.1) is 28.7 Å². The molecule has 1 atom stereocenters. The van der Waals surface area contributed by atoms with Gasteiger partial charge >= 0.3 is 5.97 Å². The van der Waals surface area contributed by atoms with E-state index < -0.39 is 16.8 Å². The van der Waals surface area contributed by atoms with Gasteiger partial charge in [0.15, 0.2) is 5.82 Å². The molecule has 42 heavy (non-hydrogen) atoms. The number of nitrogens with two attached hydrogens (primary N) is 1. The SMILES string of the molecule is CC(C)(Cc1csc([C@@]2(C)C(=O)Nc3nc(-c4nn(Cc5ccccc5F)c5cc(Cl)ccc45)nc(N)c32)n1)C(=O)O. The van der Waals surface area contributed by atoms with Crippen LogP contribution in [-0.2, 0) is 28.0 Å². The highest BCUT2D eigenvalue weighted by Crippen LogP contribution is 2.46. The van der Waals surface area contributed by atoms with E-state index in [0.717, 1.165) is 0 Å². The van der Waals surface area contributed by atoms with Crippen LogP contribution in [0.3, 0.4) is 0 Å². The zero-order valence-corrected chi connectivity index (χ0v) is 24.3. The number of carboxylic acid groups (broad SMARTS) is 1. The van der Waals surface area contributed by atoms with Gasteiger partial charge in [-0.25, -0.2) is 19.3 Å². The van der Waals surface area contributed by atoms with Crippen LogP contribution in [0.1, 0.15) is 42.6 Å². The number of thiazole rings is 1. The molecule has 0 fully saturated rings. The fourth-order valence-electron chi connectivity index (χ4n) is 5.08. The second-order valence-electron chi connectivity index (χ2n) is 11.0. The molecule has 4 N–H and O–H groups in total. The molecule has 0 bridgehead atoms. The van der Waals surface area contributed by atoms with Crippen molar-refractivity contribution in [3.8, 4) is 11.5 Å². The van der Waals surface area contributed by atoms with Crippen molar-refractivity contribution in [3.63, 3.8) is 0 Å². The lowest BCUT2D eigenvalue weighted by Gasteiger charge is -2.20. The number of benzene rings is 2. The normalized spacial score (nSPS) is 16.5. The van der Waals surface area contributed by atoms with E-state index in [1.165, 1.54) is 17.4 Å². The summed E-state index contributed by atoms with van der Waals surface area (Å²) in [7, 11) is 0. The van der Waals surface area contributed by atoms with E-state index in [2.05, 4.69) is 20.3 Å². The van der Waals surface area contributed by atoms with Gasteiger partial charge in [0.25, 0.3) is 0 Å². The quantitative estimate of drug-likeness (QED) is 0.227. The zero-order valence-electron chi connectivity index (χ0n) is 22.8. The van der Waals surface area contributed by atoms with Crippen molar-refractivity contribution in [2.24, 2.45) is 5.41 Å². The molecule has 1 aliphatic rings. The lowest BCUT2D eigenvalue weighted by atomic mass is 9.85. The summed E-state index contributed by atoms with van der Waals surface area (Å²) < 4.78 is 16.1. The minimum absolute atomic E-state index is 0.0734. The molecule has 5 aromatic rings. The molecule has 6 rings (SSSR count). The average Bonchev–Trinajstić information content (AvgIpc) is 3.60. The van der Waals surface area contributed by atoms with Crippen molar-refractivity contribution in [2.75, 3.05) is 11.1 Å². The van der Waals surface area contributed by atoms with Gasteiger partial charge in [0, 0.05) is 27.8 Å². The fourth-order valence-corrected chi connectivity index (χ4v) is 6.23. The van der Waals surface area contributed by atoms with Gasteiger partial charge in [-0.3, -0.25) is 14.3 Å². The van der Waals surface area contributed by atoms with Crippen LogP contribution in [0.5, 0.6) is 0 Å². The predicted molar refractivity (Wildman–Crippen MR) is 158 cm³/mol. The Kier molecular flexibility index (Phi) is 6.50. The van der Waals surface area contributed by atoms with Crippen molar-refractivity contribution in [3.05, 3.63) is 80.5 Å². The van der Waals surface area contributed by atoms with Gasteiger partial charge in [-0.2, -0.15) is 5.10 Å². The molecule has 1 amide bonds. The van der Waals surface area contributed by atoms with Crippen molar-refractivity contribution < 1.29 is 19.1 Å². The molecular formula is C29H25ClFN7O3S. The third kappa shape index (κ3) is 4.47. The number of fused-ring (bicyclic) bond motifs is 2. The summed E-state index contributed by atoms with van der Waals surface area (Å²) in [6.07, 6.45) is 0.195. The van der Waals surface area contributed by atoms with Gasteiger partial charge in [0.2, 0.25) is 5.91 Å². The van der Waals surface area contributed by atoms with Crippen LogP contribution in [0.2, 0.25) is 5.02 Å². The topological polar surface area (TPSA) is 149 Å². The van der Waals surface area contributed by atoms with Gasteiger partial charge < -0.3 is 16.2 Å². The summed E-state index contributed by atoms with van der Waals surface area (Å²) >= 11 is 7.54.